The number of rotatable bonds is 4. The monoisotopic (exact) mass is 374 g/mol. The van der Waals surface area contributed by atoms with Gasteiger partial charge in [0, 0.05) is 10.6 Å². The third-order valence-corrected chi connectivity index (χ3v) is 5.88. The Balaban J connectivity index is 2.17. The summed E-state index contributed by atoms with van der Waals surface area (Å²) in [5.74, 6) is -0.427. The van der Waals surface area contributed by atoms with Crippen molar-refractivity contribution < 1.29 is 17.9 Å². The molecule has 0 spiro atoms. The van der Waals surface area contributed by atoms with Crippen LogP contribution in [0.4, 0.5) is 0 Å². The van der Waals surface area contributed by atoms with Crippen molar-refractivity contribution in [2.75, 3.05) is 5.75 Å². The van der Waals surface area contributed by atoms with Gasteiger partial charge in [-0.1, -0.05) is 42.8 Å². The SMILES string of the molecule is CCS(=O)(=O)c1ccc(C(=C2C=COC2=O)c2cccc(Cl)c2)cc1. The molecule has 0 aliphatic carbocycles. The van der Waals surface area contributed by atoms with E-state index in [0.29, 0.717) is 21.7 Å². The Kier molecular flexibility index (Phi) is 4.79. The van der Waals surface area contributed by atoms with Crippen LogP contribution in [0.15, 0.2) is 71.3 Å². The van der Waals surface area contributed by atoms with Crippen LogP contribution in [0.2, 0.25) is 5.02 Å². The lowest BCUT2D eigenvalue weighted by Crippen LogP contribution is -2.04. The second-order valence-electron chi connectivity index (χ2n) is 5.43. The van der Waals surface area contributed by atoms with Crippen molar-refractivity contribution in [1.82, 2.24) is 0 Å². The molecule has 2 aromatic rings. The molecule has 1 aliphatic heterocycles. The van der Waals surface area contributed by atoms with E-state index in [1.54, 1.807) is 55.5 Å². The van der Waals surface area contributed by atoms with Gasteiger partial charge in [-0.15, -0.1) is 0 Å². The van der Waals surface area contributed by atoms with Crippen LogP contribution >= 0.6 is 11.6 Å². The van der Waals surface area contributed by atoms with Gasteiger partial charge in [0.1, 0.15) is 0 Å². The molecule has 0 radical (unpaired) electrons. The number of sulfone groups is 1. The van der Waals surface area contributed by atoms with Crippen molar-refractivity contribution in [3.63, 3.8) is 0 Å². The van der Waals surface area contributed by atoms with E-state index in [2.05, 4.69) is 0 Å². The number of ether oxygens (including phenoxy) is 1. The first kappa shape index (κ1) is 17.5. The predicted octanol–water partition coefficient (Wildman–Crippen LogP) is 4.01. The highest BCUT2D eigenvalue weighted by Crippen LogP contribution is 2.32. The van der Waals surface area contributed by atoms with Crippen molar-refractivity contribution in [2.24, 2.45) is 0 Å². The summed E-state index contributed by atoms with van der Waals surface area (Å²) in [5, 5.41) is 0.538. The Bertz CT molecular complexity index is 986. The third-order valence-electron chi connectivity index (χ3n) is 3.89. The van der Waals surface area contributed by atoms with E-state index in [4.69, 9.17) is 16.3 Å². The molecule has 25 heavy (non-hydrogen) atoms. The van der Waals surface area contributed by atoms with Crippen molar-refractivity contribution in [2.45, 2.75) is 11.8 Å². The number of esters is 1. The molecule has 0 N–H and O–H groups in total. The Labute approximate surface area is 151 Å². The molecule has 2 aromatic carbocycles. The summed E-state index contributed by atoms with van der Waals surface area (Å²) in [7, 11) is -3.28. The number of cyclic esters (lactones) is 1. The van der Waals surface area contributed by atoms with Gasteiger partial charge in [0.15, 0.2) is 9.84 Å². The van der Waals surface area contributed by atoms with Crippen LogP contribution in [0, 0.1) is 0 Å². The topological polar surface area (TPSA) is 60.4 Å². The zero-order valence-corrected chi connectivity index (χ0v) is 15.0. The Morgan fingerprint density at radius 2 is 1.80 bits per heavy atom. The van der Waals surface area contributed by atoms with Crippen LogP contribution in [0.5, 0.6) is 0 Å². The van der Waals surface area contributed by atoms with Crippen molar-refractivity contribution in [3.05, 3.63) is 82.6 Å². The van der Waals surface area contributed by atoms with Gasteiger partial charge in [-0.05, 0) is 41.5 Å². The maximum Gasteiger partial charge on any atom is 0.343 e. The van der Waals surface area contributed by atoms with Crippen molar-refractivity contribution in [3.8, 4) is 0 Å². The molecule has 0 saturated heterocycles. The van der Waals surface area contributed by atoms with Gasteiger partial charge in [-0.2, -0.15) is 0 Å². The Hall–Kier alpha value is -2.37. The molecule has 0 fully saturated rings. The smallest absolute Gasteiger partial charge is 0.343 e. The number of halogens is 1. The fourth-order valence-electron chi connectivity index (χ4n) is 2.60. The number of carbonyl (C=O) groups excluding carboxylic acids is 1. The highest BCUT2D eigenvalue weighted by Gasteiger charge is 2.22. The number of hydrogen-bond donors (Lipinski definition) is 0. The van der Waals surface area contributed by atoms with Crippen LogP contribution in [-0.2, 0) is 19.4 Å². The number of carbonyl (C=O) groups is 1. The standard InChI is InChI=1S/C19H15ClO4S/c1-2-25(22,23)16-8-6-13(7-9-16)18(17-10-11-24-19(17)21)14-4-3-5-15(20)12-14/h3-12H,2H2,1H3. The van der Waals surface area contributed by atoms with Crippen LogP contribution < -0.4 is 0 Å². The lowest BCUT2D eigenvalue weighted by atomic mass is 9.93. The zero-order valence-electron chi connectivity index (χ0n) is 13.4. The molecule has 0 unspecified atom stereocenters. The summed E-state index contributed by atoms with van der Waals surface area (Å²) < 4.78 is 28.9. The molecule has 6 heteroatoms. The lowest BCUT2D eigenvalue weighted by Gasteiger charge is -2.12. The molecular weight excluding hydrogens is 360 g/mol. The van der Waals surface area contributed by atoms with E-state index >= 15 is 0 Å². The van der Waals surface area contributed by atoms with E-state index in [1.807, 2.05) is 6.07 Å². The Morgan fingerprint density at radius 3 is 2.36 bits per heavy atom. The van der Waals surface area contributed by atoms with Gasteiger partial charge < -0.3 is 4.74 Å². The Morgan fingerprint density at radius 1 is 1.08 bits per heavy atom. The summed E-state index contributed by atoms with van der Waals surface area (Å²) in [6.45, 7) is 1.60. The van der Waals surface area contributed by atoms with E-state index < -0.39 is 15.8 Å². The highest BCUT2D eigenvalue weighted by atomic mass is 35.5. The minimum atomic E-state index is -3.28. The molecule has 0 aromatic heterocycles. The summed E-state index contributed by atoms with van der Waals surface area (Å²) in [6.07, 6.45) is 2.92. The first-order valence-corrected chi connectivity index (χ1v) is 9.66. The normalized spacial score (nSPS) is 16.0. The van der Waals surface area contributed by atoms with Gasteiger partial charge in [0.2, 0.25) is 0 Å². The molecule has 0 saturated carbocycles. The quantitative estimate of drug-likeness (QED) is 0.599. The van der Waals surface area contributed by atoms with E-state index in [-0.39, 0.29) is 10.6 Å². The first-order valence-electron chi connectivity index (χ1n) is 7.63. The summed E-state index contributed by atoms with van der Waals surface area (Å²) in [6, 6.07) is 13.6. The molecule has 0 amide bonds. The van der Waals surface area contributed by atoms with E-state index in [1.165, 1.54) is 6.26 Å². The van der Waals surface area contributed by atoms with Gasteiger partial charge in [-0.3, -0.25) is 0 Å². The highest BCUT2D eigenvalue weighted by molar-refractivity contribution is 7.91. The molecule has 128 valence electrons. The molecule has 1 aliphatic rings. The number of hydrogen-bond acceptors (Lipinski definition) is 4. The molecule has 3 rings (SSSR count). The summed E-state index contributed by atoms with van der Waals surface area (Å²) >= 11 is 6.09. The van der Waals surface area contributed by atoms with Crippen LogP contribution in [0.1, 0.15) is 18.1 Å². The molecule has 0 bridgehead atoms. The maximum absolute atomic E-state index is 12.0. The second kappa shape index (κ2) is 6.86. The predicted molar refractivity (Wildman–Crippen MR) is 96.9 cm³/mol. The van der Waals surface area contributed by atoms with E-state index in [9.17, 15) is 13.2 Å². The van der Waals surface area contributed by atoms with Gasteiger partial charge in [0.25, 0.3) is 0 Å². The van der Waals surface area contributed by atoms with Crippen molar-refractivity contribution in [1.29, 1.82) is 0 Å². The third kappa shape index (κ3) is 3.52. The van der Waals surface area contributed by atoms with Gasteiger partial charge >= 0.3 is 5.97 Å². The minimum Gasteiger partial charge on any atom is -0.431 e. The minimum absolute atomic E-state index is 0.0314. The molecule has 4 nitrogen and oxygen atoms in total. The van der Waals surface area contributed by atoms with Crippen molar-refractivity contribution >= 4 is 33.0 Å². The molecule has 1 heterocycles. The maximum atomic E-state index is 12.0. The molecule has 0 atom stereocenters. The number of benzene rings is 2. The van der Waals surface area contributed by atoms with Crippen LogP contribution in [-0.4, -0.2) is 20.1 Å². The first-order chi connectivity index (χ1) is 11.9. The van der Waals surface area contributed by atoms with Gasteiger partial charge in [-0.25, -0.2) is 13.2 Å². The summed E-state index contributed by atoms with van der Waals surface area (Å²) in [4.78, 5) is 12.3. The average Bonchev–Trinajstić information content (AvgIpc) is 3.02. The molecular formula is C19H15ClO4S. The lowest BCUT2D eigenvalue weighted by molar-refractivity contribution is -0.132. The average molecular weight is 375 g/mol. The fraction of sp³-hybridized carbons (Fsp3) is 0.105. The van der Waals surface area contributed by atoms with E-state index in [0.717, 1.165) is 5.56 Å². The zero-order chi connectivity index (χ0) is 18.0. The fourth-order valence-corrected chi connectivity index (χ4v) is 3.67. The van der Waals surface area contributed by atoms with Crippen LogP contribution in [0.3, 0.4) is 0 Å². The second-order valence-corrected chi connectivity index (χ2v) is 8.15. The van der Waals surface area contributed by atoms with Crippen LogP contribution in [0.25, 0.3) is 5.57 Å². The summed E-state index contributed by atoms with van der Waals surface area (Å²) in [5.41, 5.74) is 2.49. The largest absolute Gasteiger partial charge is 0.431 e. The van der Waals surface area contributed by atoms with Gasteiger partial charge in [0.05, 0.1) is 22.5 Å².